The molecule has 0 aromatic heterocycles. The van der Waals surface area contributed by atoms with Gasteiger partial charge in [0.05, 0.1) is 5.71 Å². The Morgan fingerprint density at radius 3 is 2.31 bits per heavy atom. The second kappa shape index (κ2) is 5.51. The minimum absolute atomic E-state index is 0.174. The highest BCUT2D eigenvalue weighted by Gasteiger charge is 2.29. The molecule has 0 atom stereocenters. The van der Waals surface area contributed by atoms with Crippen molar-refractivity contribution in [3.8, 4) is 0 Å². The van der Waals surface area contributed by atoms with Crippen LogP contribution in [0.25, 0.3) is 0 Å². The molecule has 16 heavy (non-hydrogen) atoms. The van der Waals surface area contributed by atoms with Crippen molar-refractivity contribution in [2.75, 3.05) is 0 Å². The van der Waals surface area contributed by atoms with Crippen molar-refractivity contribution in [1.82, 2.24) is 0 Å². The molecule has 0 aromatic rings. The maximum Gasteiger partial charge on any atom is 0.0669 e. The lowest BCUT2D eigenvalue weighted by atomic mass is 9.75. The molecule has 0 bridgehead atoms. The van der Waals surface area contributed by atoms with Crippen molar-refractivity contribution in [1.29, 1.82) is 0 Å². The zero-order chi connectivity index (χ0) is 12.2. The third kappa shape index (κ3) is 3.10. The first-order valence-corrected chi connectivity index (χ1v) is 6.36. The van der Waals surface area contributed by atoms with Crippen molar-refractivity contribution in [2.45, 2.75) is 59.3 Å². The largest absolute Gasteiger partial charge is 0.411 e. The van der Waals surface area contributed by atoms with Gasteiger partial charge in [-0.15, -0.1) is 0 Å². The van der Waals surface area contributed by atoms with Gasteiger partial charge in [-0.3, -0.25) is 0 Å². The maximum atomic E-state index is 9.19. The molecule has 0 radical (unpaired) electrons. The van der Waals surface area contributed by atoms with Gasteiger partial charge in [0, 0.05) is 5.41 Å². The average molecular weight is 223 g/mol. The summed E-state index contributed by atoms with van der Waals surface area (Å²) in [5, 5.41) is 12.7. The first-order chi connectivity index (χ1) is 7.48. The zero-order valence-electron chi connectivity index (χ0n) is 10.9. The fourth-order valence-electron chi connectivity index (χ4n) is 2.33. The van der Waals surface area contributed by atoms with Crippen LogP contribution < -0.4 is 0 Å². The molecule has 0 aromatic carbocycles. The highest BCUT2D eigenvalue weighted by molar-refractivity contribution is 5.91. The predicted octanol–water partition coefficient (Wildman–Crippen LogP) is 4.39. The lowest BCUT2D eigenvalue weighted by molar-refractivity contribution is 0.301. The lowest BCUT2D eigenvalue weighted by Crippen LogP contribution is -2.28. The van der Waals surface area contributed by atoms with Crippen LogP contribution in [0.4, 0.5) is 0 Å². The highest BCUT2D eigenvalue weighted by atomic mass is 16.4. The van der Waals surface area contributed by atoms with E-state index in [1.807, 2.05) is 6.92 Å². The smallest absolute Gasteiger partial charge is 0.0669 e. The fourth-order valence-corrected chi connectivity index (χ4v) is 2.33. The summed E-state index contributed by atoms with van der Waals surface area (Å²) in [6.07, 6.45) is 7.52. The van der Waals surface area contributed by atoms with Crippen LogP contribution >= 0.6 is 0 Å². The van der Waals surface area contributed by atoms with Gasteiger partial charge in [0.15, 0.2) is 0 Å². The molecule has 0 amide bonds. The Kier molecular flexibility index (Phi) is 4.57. The van der Waals surface area contributed by atoms with Crippen LogP contribution in [0.3, 0.4) is 0 Å². The quantitative estimate of drug-likeness (QED) is 0.326. The molecule has 0 spiro atoms. The Bertz CT molecular complexity index is 272. The van der Waals surface area contributed by atoms with Crippen molar-refractivity contribution in [3.63, 3.8) is 0 Å². The van der Waals surface area contributed by atoms with E-state index in [-0.39, 0.29) is 5.41 Å². The Morgan fingerprint density at radius 1 is 1.31 bits per heavy atom. The Balaban J connectivity index is 2.65. The molecule has 1 aliphatic rings. The van der Waals surface area contributed by atoms with E-state index in [9.17, 15) is 5.21 Å². The predicted molar refractivity (Wildman–Crippen MR) is 69.0 cm³/mol. The van der Waals surface area contributed by atoms with E-state index < -0.39 is 0 Å². The van der Waals surface area contributed by atoms with Gasteiger partial charge in [0.2, 0.25) is 0 Å². The zero-order valence-corrected chi connectivity index (χ0v) is 10.9. The molecular weight excluding hydrogens is 198 g/mol. The number of nitrogens with zero attached hydrogens (tertiary/aromatic N) is 1. The SMILES string of the molecule is C=C(C)C(C)(C)/C(CC1CCCCC1)=N/O. The summed E-state index contributed by atoms with van der Waals surface area (Å²) in [5.74, 6) is 0.707. The second-order valence-corrected chi connectivity index (χ2v) is 5.66. The first kappa shape index (κ1) is 13.3. The number of hydrogen-bond donors (Lipinski definition) is 1. The van der Waals surface area contributed by atoms with E-state index in [0.717, 1.165) is 17.7 Å². The van der Waals surface area contributed by atoms with Crippen LogP contribution in [-0.4, -0.2) is 10.9 Å². The summed E-state index contributed by atoms with van der Waals surface area (Å²) in [6, 6.07) is 0. The fraction of sp³-hybridized carbons (Fsp3) is 0.786. The van der Waals surface area contributed by atoms with Crippen LogP contribution in [0.5, 0.6) is 0 Å². The molecule has 92 valence electrons. The van der Waals surface area contributed by atoms with Crippen LogP contribution in [0.15, 0.2) is 17.3 Å². The summed E-state index contributed by atoms with van der Waals surface area (Å²) in [4.78, 5) is 0. The monoisotopic (exact) mass is 223 g/mol. The molecule has 0 unspecified atom stereocenters. The van der Waals surface area contributed by atoms with E-state index in [1.165, 1.54) is 32.1 Å². The van der Waals surface area contributed by atoms with Gasteiger partial charge in [0.1, 0.15) is 0 Å². The Hall–Kier alpha value is -0.790. The molecular formula is C14H25NO. The van der Waals surface area contributed by atoms with E-state index in [1.54, 1.807) is 0 Å². The minimum atomic E-state index is -0.174. The molecule has 1 aliphatic carbocycles. The highest BCUT2D eigenvalue weighted by Crippen LogP contribution is 2.33. The van der Waals surface area contributed by atoms with Crippen LogP contribution in [0.1, 0.15) is 59.3 Å². The van der Waals surface area contributed by atoms with Crippen LogP contribution in [-0.2, 0) is 0 Å². The molecule has 1 fully saturated rings. The van der Waals surface area contributed by atoms with Gasteiger partial charge in [-0.25, -0.2) is 0 Å². The summed E-state index contributed by atoms with van der Waals surface area (Å²) >= 11 is 0. The molecule has 0 saturated heterocycles. The molecule has 0 heterocycles. The molecule has 0 aliphatic heterocycles. The molecule has 1 rings (SSSR count). The van der Waals surface area contributed by atoms with E-state index >= 15 is 0 Å². The van der Waals surface area contributed by atoms with E-state index in [4.69, 9.17) is 0 Å². The number of allylic oxidation sites excluding steroid dienone is 1. The first-order valence-electron chi connectivity index (χ1n) is 6.36. The number of rotatable bonds is 4. The standard InChI is InChI=1S/C14H25NO/c1-11(2)14(3,4)13(15-16)10-12-8-6-5-7-9-12/h12,16H,1,5-10H2,2-4H3/b15-13+. The normalized spacial score (nSPS) is 19.8. The topological polar surface area (TPSA) is 32.6 Å². The molecule has 2 heteroatoms. The van der Waals surface area contributed by atoms with E-state index in [0.29, 0.717) is 5.92 Å². The Morgan fingerprint density at radius 2 is 1.88 bits per heavy atom. The van der Waals surface area contributed by atoms with Crippen LogP contribution in [0.2, 0.25) is 0 Å². The Labute approximate surface area is 99.4 Å². The minimum Gasteiger partial charge on any atom is -0.411 e. The van der Waals surface area contributed by atoms with E-state index in [2.05, 4.69) is 25.6 Å². The maximum absolute atomic E-state index is 9.19. The van der Waals surface area contributed by atoms with Gasteiger partial charge in [0.25, 0.3) is 0 Å². The van der Waals surface area contributed by atoms with Gasteiger partial charge in [-0.1, -0.05) is 63.3 Å². The van der Waals surface area contributed by atoms with Crippen molar-refractivity contribution in [3.05, 3.63) is 12.2 Å². The molecule has 2 nitrogen and oxygen atoms in total. The van der Waals surface area contributed by atoms with Gasteiger partial charge < -0.3 is 5.21 Å². The molecule has 1 N–H and O–H groups in total. The second-order valence-electron chi connectivity index (χ2n) is 5.66. The van der Waals surface area contributed by atoms with Crippen molar-refractivity contribution in [2.24, 2.45) is 16.5 Å². The van der Waals surface area contributed by atoms with Crippen molar-refractivity contribution >= 4 is 5.71 Å². The lowest BCUT2D eigenvalue weighted by Gasteiger charge is -2.30. The summed E-state index contributed by atoms with van der Waals surface area (Å²) in [6.45, 7) is 10.2. The third-order valence-corrected chi connectivity index (χ3v) is 4.12. The summed E-state index contributed by atoms with van der Waals surface area (Å²) in [7, 11) is 0. The third-order valence-electron chi connectivity index (χ3n) is 4.12. The summed E-state index contributed by atoms with van der Waals surface area (Å²) < 4.78 is 0. The number of hydrogen-bond acceptors (Lipinski definition) is 2. The molecule has 1 saturated carbocycles. The average Bonchev–Trinajstić information content (AvgIpc) is 2.26. The number of oxime groups is 1. The summed E-state index contributed by atoms with van der Waals surface area (Å²) in [5.41, 5.74) is 1.79. The van der Waals surface area contributed by atoms with Crippen LogP contribution in [0, 0.1) is 11.3 Å². The van der Waals surface area contributed by atoms with Gasteiger partial charge in [-0.2, -0.15) is 0 Å². The van der Waals surface area contributed by atoms with Crippen molar-refractivity contribution < 1.29 is 5.21 Å². The van der Waals surface area contributed by atoms with Gasteiger partial charge in [-0.05, 0) is 19.3 Å². The van der Waals surface area contributed by atoms with Gasteiger partial charge >= 0.3 is 0 Å².